The van der Waals surface area contributed by atoms with E-state index in [1.807, 2.05) is 0 Å². The van der Waals surface area contributed by atoms with E-state index in [0.717, 1.165) is 11.7 Å². The zero-order valence-electron chi connectivity index (χ0n) is 15.4. The zero-order valence-corrected chi connectivity index (χ0v) is 16.2. The zero-order chi connectivity index (χ0) is 18.8. The van der Waals surface area contributed by atoms with Crippen molar-refractivity contribution in [2.75, 3.05) is 24.7 Å². The minimum atomic E-state index is -0.266. The molecule has 1 amide bonds. The van der Waals surface area contributed by atoms with Gasteiger partial charge in [-0.2, -0.15) is 8.75 Å². The molecule has 0 aliphatic heterocycles. The summed E-state index contributed by atoms with van der Waals surface area (Å²) in [5, 5.41) is 16.8. The lowest BCUT2D eigenvalue weighted by Crippen LogP contribution is -2.31. The maximum atomic E-state index is 12.1. The summed E-state index contributed by atoms with van der Waals surface area (Å²) in [5.41, 5.74) is 0.698. The Balaban J connectivity index is 2.26. The van der Waals surface area contributed by atoms with Gasteiger partial charge in [0, 0.05) is 20.1 Å². The van der Waals surface area contributed by atoms with E-state index in [4.69, 9.17) is 0 Å². The first kappa shape index (κ1) is 19.0. The first-order chi connectivity index (χ1) is 11.6. The molecule has 0 fully saturated rings. The number of aromatic nitrogens is 2. The van der Waals surface area contributed by atoms with Gasteiger partial charge >= 0.3 is 0 Å². The molecule has 0 aliphatic rings. The number of anilines is 3. The minimum Gasteiger partial charge on any atom is -0.505 e. The number of carbonyl (C=O) groups excluding carboxylic acids is 1. The number of rotatable bonds is 5. The number of aromatic hydroxyl groups is 1. The highest BCUT2D eigenvalue weighted by Crippen LogP contribution is 2.33. The highest BCUT2D eigenvalue weighted by atomic mass is 32.1. The van der Waals surface area contributed by atoms with E-state index in [1.165, 1.54) is 4.90 Å². The summed E-state index contributed by atoms with van der Waals surface area (Å²) in [6.45, 7) is 8.50. The van der Waals surface area contributed by atoms with Crippen LogP contribution in [0.4, 0.5) is 17.3 Å². The van der Waals surface area contributed by atoms with Gasteiger partial charge in [0.25, 0.3) is 5.91 Å². The molecule has 8 heteroatoms. The number of amides is 1. The third-order valence-electron chi connectivity index (χ3n) is 4.07. The molecule has 0 unspecified atom stereocenters. The van der Waals surface area contributed by atoms with Crippen molar-refractivity contribution in [3.05, 3.63) is 23.8 Å². The third kappa shape index (κ3) is 4.39. The van der Waals surface area contributed by atoms with Crippen LogP contribution in [0.25, 0.3) is 0 Å². The standard InChI is InChI=1S/C17H25N5O2S/c1-10(17(2,3)4)18-14-15(21-25-20-14)19-12-9-7-8-11(13(12)23)16(24)22(5)6/h7-10,23H,1-6H3,(H,18,20)(H,19,21)/t10-/m1/s1. The molecular weight excluding hydrogens is 338 g/mol. The molecule has 3 N–H and O–H groups in total. The Morgan fingerprint density at radius 2 is 1.88 bits per heavy atom. The normalized spacial score (nSPS) is 12.6. The summed E-state index contributed by atoms with van der Waals surface area (Å²) >= 11 is 1.08. The van der Waals surface area contributed by atoms with Crippen molar-refractivity contribution in [3.63, 3.8) is 0 Å². The van der Waals surface area contributed by atoms with Crippen LogP contribution >= 0.6 is 11.7 Å². The number of phenols is 1. The molecule has 0 saturated carbocycles. The predicted molar refractivity (Wildman–Crippen MR) is 102 cm³/mol. The number of hydrogen-bond donors (Lipinski definition) is 3. The van der Waals surface area contributed by atoms with Crippen LogP contribution < -0.4 is 10.6 Å². The summed E-state index contributed by atoms with van der Waals surface area (Å²) < 4.78 is 8.53. The van der Waals surface area contributed by atoms with E-state index in [2.05, 4.69) is 47.1 Å². The number of para-hydroxylation sites is 1. The molecule has 0 radical (unpaired) electrons. The molecule has 1 atom stereocenters. The van der Waals surface area contributed by atoms with Gasteiger partial charge in [0.15, 0.2) is 17.4 Å². The molecule has 25 heavy (non-hydrogen) atoms. The summed E-state index contributed by atoms with van der Waals surface area (Å²) in [5.74, 6) is 0.767. The van der Waals surface area contributed by atoms with Crippen molar-refractivity contribution in [2.45, 2.75) is 33.7 Å². The van der Waals surface area contributed by atoms with E-state index in [9.17, 15) is 9.90 Å². The predicted octanol–water partition coefficient (Wildman–Crippen LogP) is 3.54. The van der Waals surface area contributed by atoms with Gasteiger partial charge in [0.2, 0.25) is 0 Å². The summed E-state index contributed by atoms with van der Waals surface area (Å²) in [7, 11) is 3.28. The van der Waals surface area contributed by atoms with Gasteiger partial charge < -0.3 is 20.6 Å². The summed E-state index contributed by atoms with van der Waals surface area (Å²) in [6, 6.07) is 5.16. The molecule has 0 spiro atoms. The Morgan fingerprint density at radius 3 is 2.48 bits per heavy atom. The molecule has 1 heterocycles. The van der Waals surface area contributed by atoms with Crippen LogP contribution in [0.2, 0.25) is 0 Å². The SMILES string of the molecule is C[C@@H](Nc1nsnc1Nc1cccc(C(=O)N(C)C)c1O)C(C)(C)C. The van der Waals surface area contributed by atoms with Gasteiger partial charge in [0.05, 0.1) is 23.0 Å². The molecule has 0 aliphatic carbocycles. The number of phenolic OH excluding ortho intramolecular Hbond substituents is 1. The van der Waals surface area contributed by atoms with Gasteiger partial charge in [-0.25, -0.2) is 0 Å². The molecule has 0 bridgehead atoms. The Labute approximate surface area is 152 Å². The lowest BCUT2D eigenvalue weighted by atomic mass is 9.88. The molecular formula is C17H25N5O2S. The molecule has 2 aromatic rings. The smallest absolute Gasteiger partial charge is 0.257 e. The summed E-state index contributed by atoms with van der Waals surface area (Å²) in [4.78, 5) is 13.6. The number of benzene rings is 1. The summed E-state index contributed by atoms with van der Waals surface area (Å²) in [6.07, 6.45) is 0. The van der Waals surface area contributed by atoms with Crippen molar-refractivity contribution >= 4 is 35.0 Å². The van der Waals surface area contributed by atoms with Gasteiger partial charge in [0.1, 0.15) is 0 Å². The number of carbonyl (C=O) groups is 1. The van der Waals surface area contributed by atoms with Crippen LogP contribution in [0.15, 0.2) is 18.2 Å². The fraction of sp³-hybridized carbons (Fsp3) is 0.471. The van der Waals surface area contributed by atoms with E-state index in [-0.39, 0.29) is 28.7 Å². The number of hydrogen-bond acceptors (Lipinski definition) is 7. The molecule has 0 saturated heterocycles. The Hall–Kier alpha value is -2.35. The highest BCUT2D eigenvalue weighted by molar-refractivity contribution is 6.99. The highest BCUT2D eigenvalue weighted by Gasteiger charge is 2.23. The largest absolute Gasteiger partial charge is 0.505 e. The van der Waals surface area contributed by atoms with Gasteiger partial charge in [-0.15, -0.1) is 0 Å². The molecule has 2 rings (SSSR count). The minimum absolute atomic E-state index is 0.0566. The van der Waals surface area contributed by atoms with Crippen molar-refractivity contribution in [3.8, 4) is 5.75 Å². The van der Waals surface area contributed by atoms with Crippen LogP contribution in [0.3, 0.4) is 0 Å². The Morgan fingerprint density at radius 1 is 1.24 bits per heavy atom. The van der Waals surface area contributed by atoms with Crippen LogP contribution in [0.5, 0.6) is 5.75 Å². The van der Waals surface area contributed by atoms with E-state index >= 15 is 0 Å². The van der Waals surface area contributed by atoms with Crippen LogP contribution in [-0.2, 0) is 0 Å². The average molecular weight is 363 g/mol. The van der Waals surface area contributed by atoms with Crippen molar-refractivity contribution in [1.82, 2.24) is 13.6 Å². The topological polar surface area (TPSA) is 90.4 Å². The first-order valence-corrected chi connectivity index (χ1v) is 8.74. The monoisotopic (exact) mass is 363 g/mol. The second-order valence-electron chi connectivity index (χ2n) is 7.22. The van der Waals surface area contributed by atoms with Gasteiger partial charge in [-0.1, -0.05) is 26.8 Å². The fourth-order valence-electron chi connectivity index (χ4n) is 1.97. The Bertz CT molecular complexity index is 752. The second-order valence-corrected chi connectivity index (χ2v) is 7.75. The maximum Gasteiger partial charge on any atom is 0.257 e. The number of nitrogens with zero attached hydrogens (tertiary/aromatic N) is 3. The fourth-order valence-corrected chi connectivity index (χ4v) is 2.45. The number of nitrogens with one attached hydrogen (secondary N) is 2. The lowest BCUT2D eigenvalue weighted by Gasteiger charge is -2.28. The molecule has 1 aromatic carbocycles. The second kappa shape index (κ2) is 7.26. The van der Waals surface area contributed by atoms with Crippen molar-refractivity contribution in [2.24, 2.45) is 5.41 Å². The van der Waals surface area contributed by atoms with Crippen LogP contribution in [0, 0.1) is 5.41 Å². The van der Waals surface area contributed by atoms with Crippen LogP contribution in [-0.4, -0.2) is 44.8 Å². The third-order valence-corrected chi connectivity index (χ3v) is 4.59. The van der Waals surface area contributed by atoms with Crippen LogP contribution in [0.1, 0.15) is 38.1 Å². The van der Waals surface area contributed by atoms with Crippen molar-refractivity contribution in [1.29, 1.82) is 0 Å². The molecule has 7 nitrogen and oxygen atoms in total. The van der Waals surface area contributed by atoms with Crippen molar-refractivity contribution < 1.29 is 9.90 Å². The van der Waals surface area contributed by atoms with E-state index in [1.54, 1.807) is 32.3 Å². The van der Waals surface area contributed by atoms with E-state index in [0.29, 0.717) is 17.3 Å². The molecule has 1 aromatic heterocycles. The lowest BCUT2D eigenvalue weighted by molar-refractivity contribution is 0.0824. The van der Waals surface area contributed by atoms with Gasteiger partial charge in [-0.05, 0) is 24.5 Å². The average Bonchev–Trinajstić information content (AvgIpc) is 2.94. The maximum absolute atomic E-state index is 12.1. The Kier molecular flexibility index (Phi) is 5.52. The first-order valence-electron chi connectivity index (χ1n) is 8.01. The van der Waals surface area contributed by atoms with Gasteiger partial charge in [-0.3, -0.25) is 4.79 Å². The molecule has 136 valence electrons. The van der Waals surface area contributed by atoms with E-state index < -0.39 is 0 Å². The quantitative estimate of drug-likeness (QED) is 0.704.